The van der Waals surface area contributed by atoms with Crippen LogP contribution in [0.2, 0.25) is 5.02 Å². The average Bonchev–Trinajstić information content (AvgIpc) is 3.12. The quantitative estimate of drug-likeness (QED) is 0.635. The number of piperidine rings is 1. The van der Waals surface area contributed by atoms with E-state index in [1.807, 2.05) is 10.9 Å². The van der Waals surface area contributed by atoms with Gasteiger partial charge in [-0.2, -0.15) is 13.2 Å². The fraction of sp³-hybridized carbons (Fsp3) is 0.526. The van der Waals surface area contributed by atoms with Crippen molar-refractivity contribution in [2.24, 2.45) is 5.92 Å². The van der Waals surface area contributed by atoms with Gasteiger partial charge in [0.25, 0.3) is 0 Å². The number of benzene rings is 1. The summed E-state index contributed by atoms with van der Waals surface area (Å²) < 4.78 is 46.7. The van der Waals surface area contributed by atoms with E-state index in [0.717, 1.165) is 50.3 Å². The Morgan fingerprint density at radius 1 is 1.26 bits per heavy atom. The fourth-order valence-corrected chi connectivity index (χ4v) is 3.37. The molecule has 1 aliphatic heterocycles. The van der Waals surface area contributed by atoms with E-state index in [-0.39, 0.29) is 12.4 Å². The Kier molecular flexibility index (Phi) is 9.20. The molecule has 1 aromatic heterocycles. The number of aliphatic hydroxyl groups excluding tert-OH is 1. The first kappa shape index (κ1) is 25.0. The van der Waals surface area contributed by atoms with E-state index >= 15 is 0 Å². The lowest BCUT2D eigenvalue weighted by Crippen LogP contribution is -2.34. The Hall–Kier alpha value is -2.24. The van der Waals surface area contributed by atoms with E-state index in [0.29, 0.717) is 17.4 Å². The van der Waals surface area contributed by atoms with Gasteiger partial charge >= 0.3 is 12.1 Å². The summed E-state index contributed by atoms with van der Waals surface area (Å²) in [5.74, 6) is -2.48. The predicted octanol–water partition coefficient (Wildman–Crippen LogP) is 3.15. The third kappa shape index (κ3) is 8.42. The molecular weight excluding hydrogens is 444 g/mol. The van der Waals surface area contributed by atoms with Gasteiger partial charge in [0.1, 0.15) is 5.82 Å². The van der Waals surface area contributed by atoms with E-state index in [9.17, 15) is 17.6 Å². The van der Waals surface area contributed by atoms with Crippen molar-refractivity contribution in [3.05, 3.63) is 46.5 Å². The fourth-order valence-electron chi connectivity index (χ4n) is 3.14. The monoisotopic (exact) mass is 466 g/mol. The number of aliphatic hydroxyl groups is 1. The van der Waals surface area contributed by atoms with Crippen molar-refractivity contribution >= 4 is 17.6 Å². The van der Waals surface area contributed by atoms with Gasteiger partial charge in [0.05, 0.1) is 5.69 Å². The van der Waals surface area contributed by atoms with Crippen LogP contribution < -0.4 is 0 Å². The van der Waals surface area contributed by atoms with E-state index < -0.39 is 12.1 Å². The highest BCUT2D eigenvalue weighted by Crippen LogP contribution is 2.24. The van der Waals surface area contributed by atoms with Crippen LogP contribution in [0.25, 0.3) is 0 Å². The standard InChI is InChI=1S/C17H22ClFN4O.C2HF3O2/c18-17-9-15(19)2-1-14(17)11-22-6-3-13(4-7-22)10-23-12-16(5-8-24)20-21-23;3-2(4,5)1(6)7/h1-2,9,12-13,24H,3-8,10-11H2;(H,6,7). The Bertz CT molecular complexity index is 855. The Morgan fingerprint density at radius 3 is 2.45 bits per heavy atom. The molecule has 12 heteroatoms. The Labute approximate surface area is 181 Å². The molecule has 0 bridgehead atoms. The maximum Gasteiger partial charge on any atom is 0.490 e. The number of aliphatic carboxylic acids is 1. The topological polar surface area (TPSA) is 91.5 Å². The number of likely N-dealkylation sites (tertiary alicyclic amines) is 1. The van der Waals surface area contributed by atoms with Gasteiger partial charge in [0.15, 0.2) is 0 Å². The smallest absolute Gasteiger partial charge is 0.475 e. The molecule has 2 heterocycles. The van der Waals surface area contributed by atoms with Crippen molar-refractivity contribution < 1.29 is 32.6 Å². The number of halogens is 5. The predicted molar refractivity (Wildman–Crippen MR) is 104 cm³/mol. The van der Waals surface area contributed by atoms with Crippen molar-refractivity contribution in [2.75, 3.05) is 19.7 Å². The number of hydrogen-bond acceptors (Lipinski definition) is 5. The molecule has 0 amide bonds. The van der Waals surface area contributed by atoms with Gasteiger partial charge in [0, 0.05) is 37.3 Å². The molecule has 7 nitrogen and oxygen atoms in total. The van der Waals surface area contributed by atoms with Crippen LogP contribution in [0.15, 0.2) is 24.4 Å². The number of rotatable bonds is 6. The third-order valence-electron chi connectivity index (χ3n) is 4.76. The molecule has 0 spiro atoms. The SMILES string of the molecule is O=C(O)C(F)(F)F.OCCc1cn(CC2CCN(Cc3ccc(F)cc3Cl)CC2)nn1. The third-order valence-corrected chi connectivity index (χ3v) is 5.11. The minimum Gasteiger partial charge on any atom is -0.475 e. The summed E-state index contributed by atoms with van der Waals surface area (Å²) in [4.78, 5) is 11.3. The summed E-state index contributed by atoms with van der Waals surface area (Å²) in [5.41, 5.74) is 1.81. The molecule has 2 aromatic rings. The molecule has 172 valence electrons. The molecule has 0 aliphatic carbocycles. The first-order valence-electron chi connectivity index (χ1n) is 9.54. The summed E-state index contributed by atoms with van der Waals surface area (Å²) in [6, 6.07) is 4.60. The van der Waals surface area contributed by atoms with Crippen molar-refractivity contribution in [3.8, 4) is 0 Å². The number of alkyl halides is 3. The van der Waals surface area contributed by atoms with E-state index in [2.05, 4.69) is 15.2 Å². The van der Waals surface area contributed by atoms with E-state index in [4.69, 9.17) is 26.6 Å². The number of aromatic nitrogens is 3. The zero-order valence-electron chi connectivity index (χ0n) is 16.5. The lowest BCUT2D eigenvalue weighted by Gasteiger charge is -2.32. The van der Waals surface area contributed by atoms with Crippen molar-refractivity contribution in [3.63, 3.8) is 0 Å². The van der Waals surface area contributed by atoms with Gasteiger partial charge in [0.2, 0.25) is 0 Å². The summed E-state index contributed by atoms with van der Waals surface area (Å²) in [6.45, 7) is 3.72. The molecule has 0 radical (unpaired) electrons. The number of nitrogens with zero attached hydrogens (tertiary/aromatic N) is 4. The van der Waals surface area contributed by atoms with Gasteiger partial charge < -0.3 is 10.2 Å². The molecule has 1 saturated heterocycles. The molecule has 1 fully saturated rings. The van der Waals surface area contributed by atoms with Crippen molar-refractivity contribution in [1.82, 2.24) is 19.9 Å². The highest BCUT2D eigenvalue weighted by molar-refractivity contribution is 6.31. The zero-order chi connectivity index (χ0) is 23.0. The van der Waals surface area contributed by atoms with Crippen molar-refractivity contribution in [1.29, 1.82) is 0 Å². The van der Waals surface area contributed by atoms with Crippen LogP contribution in [0, 0.1) is 11.7 Å². The van der Waals surface area contributed by atoms with Gasteiger partial charge in [-0.25, -0.2) is 9.18 Å². The highest BCUT2D eigenvalue weighted by atomic mass is 35.5. The summed E-state index contributed by atoms with van der Waals surface area (Å²) in [6.07, 6.45) is -0.431. The molecule has 1 aromatic carbocycles. The minimum absolute atomic E-state index is 0.100. The van der Waals surface area contributed by atoms with Crippen LogP contribution in [0.4, 0.5) is 17.6 Å². The van der Waals surface area contributed by atoms with Crippen LogP contribution in [0.1, 0.15) is 24.1 Å². The molecular formula is C19H23ClF4N4O3. The molecule has 1 aliphatic rings. The van der Waals surface area contributed by atoms with Crippen LogP contribution in [0.3, 0.4) is 0 Å². The largest absolute Gasteiger partial charge is 0.490 e. The summed E-state index contributed by atoms with van der Waals surface area (Å²) in [7, 11) is 0. The average molecular weight is 467 g/mol. The van der Waals surface area contributed by atoms with Gasteiger partial charge in [-0.05, 0) is 49.5 Å². The molecule has 0 atom stereocenters. The molecule has 0 saturated carbocycles. The maximum absolute atomic E-state index is 13.1. The Balaban J connectivity index is 0.000000423. The van der Waals surface area contributed by atoms with Crippen LogP contribution in [-0.4, -0.2) is 61.9 Å². The van der Waals surface area contributed by atoms with Crippen molar-refractivity contribution in [2.45, 2.75) is 38.5 Å². The molecule has 0 unspecified atom stereocenters. The maximum atomic E-state index is 13.1. The summed E-state index contributed by atoms with van der Waals surface area (Å²) >= 11 is 6.11. The minimum atomic E-state index is -5.08. The summed E-state index contributed by atoms with van der Waals surface area (Å²) in [5, 5.41) is 24.7. The molecule has 2 N–H and O–H groups in total. The Morgan fingerprint density at radius 2 is 1.90 bits per heavy atom. The first-order chi connectivity index (χ1) is 14.6. The number of carboxylic acid groups (broad SMARTS) is 1. The number of hydrogen-bond donors (Lipinski definition) is 2. The highest BCUT2D eigenvalue weighted by Gasteiger charge is 2.38. The van der Waals surface area contributed by atoms with Crippen LogP contribution in [-0.2, 0) is 24.3 Å². The van der Waals surface area contributed by atoms with E-state index in [1.54, 1.807) is 6.07 Å². The van der Waals surface area contributed by atoms with E-state index in [1.165, 1.54) is 12.1 Å². The normalized spacial score (nSPS) is 15.4. The lowest BCUT2D eigenvalue weighted by atomic mass is 9.96. The number of carbonyl (C=O) groups is 1. The molecule has 31 heavy (non-hydrogen) atoms. The second kappa shape index (κ2) is 11.4. The lowest BCUT2D eigenvalue weighted by molar-refractivity contribution is -0.192. The second-order valence-corrected chi connectivity index (χ2v) is 7.57. The van der Waals surface area contributed by atoms with Crippen LogP contribution in [0.5, 0.6) is 0 Å². The van der Waals surface area contributed by atoms with Gasteiger partial charge in [-0.1, -0.05) is 22.9 Å². The first-order valence-corrected chi connectivity index (χ1v) is 9.92. The number of carboxylic acids is 1. The molecule has 3 rings (SSSR count). The zero-order valence-corrected chi connectivity index (χ0v) is 17.3. The van der Waals surface area contributed by atoms with Gasteiger partial charge in [-0.3, -0.25) is 9.58 Å². The second-order valence-electron chi connectivity index (χ2n) is 7.16. The van der Waals surface area contributed by atoms with Gasteiger partial charge in [-0.15, -0.1) is 5.10 Å². The van der Waals surface area contributed by atoms with Crippen LogP contribution >= 0.6 is 11.6 Å².